The minimum absolute atomic E-state index is 0. The van der Waals surface area contributed by atoms with Gasteiger partial charge in [0.2, 0.25) is 58.5 Å². The van der Waals surface area contributed by atoms with Crippen molar-refractivity contribution in [1.82, 2.24) is 42.1 Å². The van der Waals surface area contributed by atoms with Crippen LogP contribution < -0.4 is 63.3 Å². The summed E-state index contributed by atoms with van der Waals surface area (Å²) >= 11 is 16.2. The number of nitrogens with two attached hydrogens (primary N) is 3. The van der Waals surface area contributed by atoms with Crippen LogP contribution in [0.3, 0.4) is 0 Å². The van der Waals surface area contributed by atoms with E-state index in [1.54, 1.807) is 6.92 Å². The van der Waals surface area contributed by atoms with Gasteiger partial charge in [0.05, 0.1) is 34.8 Å². The van der Waals surface area contributed by atoms with Gasteiger partial charge in [0, 0.05) is 46.4 Å². The van der Waals surface area contributed by atoms with Gasteiger partial charge in [0.25, 0.3) is 0 Å². The molecule has 6 aromatic rings. The number of nitrogens with one attached hydrogen (secondary N) is 6. The number of aromatic hydroxyl groups is 3. The lowest BCUT2D eigenvalue weighted by molar-refractivity contribution is -0.329. The van der Waals surface area contributed by atoms with Crippen molar-refractivity contribution in [2.24, 2.45) is 23.3 Å². The number of anilines is 1. The second-order valence-electron chi connectivity index (χ2n) is 26.8. The van der Waals surface area contributed by atoms with Gasteiger partial charge in [-0.3, -0.25) is 33.6 Å². The number of carboxylic acids is 1. The number of benzene rings is 5. The van der Waals surface area contributed by atoms with Gasteiger partial charge in [-0.2, -0.15) is 0 Å². The highest BCUT2D eigenvalue weighted by molar-refractivity contribution is 8.01. The maximum Gasteiger partial charge on any atom is 0.330 e. The summed E-state index contributed by atoms with van der Waals surface area (Å²) in [5.74, 6) is -16.6. The lowest BCUT2D eigenvalue weighted by Crippen LogP contribution is -2.64. The van der Waals surface area contributed by atoms with Crippen molar-refractivity contribution in [3.8, 4) is 57.1 Å². The third-order valence-electron chi connectivity index (χ3n) is 18.3. The number of carboxylic acid groups (broad SMARTS) is 1. The van der Waals surface area contributed by atoms with Crippen molar-refractivity contribution in [3.05, 3.63) is 117 Å². The summed E-state index contributed by atoms with van der Waals surface area (Å²) in [6.07, 6.45) is -17.9. The number of carbonyl (C=O) groups is 8. The van der Waals surface area contributed by atoms with E-state index in [0.717, 1.165) is 89.8 Å². The highest BCUT2D eigenvalue weighted by atomic mass is 35.5. The molecule has 11 bridgehead atoms. The molecule has 0 radical (unpaired) electrons. The third kappa shape index (κ3) is 17.4. The topological polar surface area (TPSA) is 550 Å². The van der Waals surface area contributed by atoms with Crippen LogP contribution in [0.15, 0.2) is 83.2 Å². The first-order valence-corrected chi connectivity index (χ1v) is 35.5. The number of nitrogen functional groups attached to an aromatic ring is 1. The SMILES string of the molecule is C.CC(C)C[C@H](C)C(=O)N[C@H]1C(=O)N[C@@H](CC(N)=O)C(=O)N[C@H]2C(=O)NC3C(=O)N[C@H](C(=O)N[C@@H](C(=O)O)c4cc(O)cc(O)c4-c4cc3ccc4O)[C@H](O)c3ccc(c(Cl)c3)Oc3cc2cc(c3OC2OC(CSc3nnc(N)s3)C(O)C(O)C2OC2CC(C)(N)C(O)C(C)O2)Oc2ccc(cc2Cl)[C@H]1O. The maximum atomic E-state index is 16.1. The number of primary amides is 1. The van der Waals surface area contributed by atoms with Crippen LogP contribution in [-0.2, 0) is 52.6 Å². The molecule has 7 amide bonds. The first kappa shape index (κ1) is 80.1. The number of phenolic OH excluding ortho intramolecular Hbond substituents is 3. The number of aliphatic hydroxyl groups excluding tert-OH is 5. The van der Waals surface area contributed by atoms with Crippen molar-refractivity contribution >= 4 is 98.8 Å². The minimum atomic E-state index is -2.34. The lowest BCUT2D eigenvalue weighted by Gasteiger charge is -2.47. The summed E-state index contributed by atoms with van der Waals surface area (Å²) in [4.78, 5) is 117. The van der Waals surface area contributed by atoms with Crippen LogP contribution >= 0.6 is 46.3 Å². The number of aliphatic carboxylic acids is 1. The molecule has 5 aromatic carbocycles. The number of aromatic nitrogens is 2. The third-order valence-corrected chi connectivity index (χ3v) is 20.9. The Morgan fingerprint density at radius 3 is 1.95 bits per heavy atom. The molecular weight excluding hydrogens is 1490 g/mol. The first-order valence-electron chi connectivity index (χ1n) is 32.9. The van der Waals surface area contributed by atoms with Gasteiger partial charge < -0.3 is 123 Å². The van der Waals surface area contributed by atoms with Crippen LogP contribution in [0.4, 0.5) is 5.13 Å². The van der Waals surface area contributed by atoms with Crippen molar-refractivity contribution in [2.45, 2.75) is 169 Å². The van der Waals surface area contributed by atoms with Gasteiger partial charge >= 0.3 is 5.97 Å². The van der Waals surface area contributed by atoms with E-state index < -0.39 is 225 Å². The Morgan fingerprint density at radius 1 is 0.738 bits per heavy atom. The van der Waals surface area contributed by atoms with E-state index >= 15 is 14.4 Å². The van der Waals surface area contributed by atoms with Crippen LogP contribution in [0.25, 0.3) is 11.1 Å². The van der Waals surface area contributed by atoms with E-state index in [-0.39, 0.29) is 63.9 Å². The Hall–Kier alpha value is -9.41. The fraction of sp³-hybridized carbons (Fsp3) is 0.420. The highest BCUT2D eigenvalue weighted by Crippen LogP contribution is 2.50. The number of fused-ring (bicyclic) bond motifs is 15. The quantitative estimate of drug-likeness (QED) is 0.0697. The number of aliphatic hydroxyl groups is 5. The molecule has 0 saturated carbocycles. The number of ether oxygens (including phenoxy) is 6. The molecule has 38 heteroatoms. The Balaban J connectivity index is 0.0000122. The van der Waals surface area contributed by atoms with E-state index in [9.17, 15) is 69.9 Å². The molecule has 8 heterocycles. The molecule has 107 heavy (non-hydrogen) atoms. The molecule has 7 aliphatic heterocycles. The van der Waals surface area contributed by atoms with Gasteiger partial charge in [0.1, 0.15) is 83.4 Å². The molecule has 2 saturated heterocycles. The molecule has 34 nitrogen and oxygen atoms in total. The number of amides is 7. The Labute approximate surface area is 627 Å². The molecule has 13 rings (SSSR count). The molecule has 10 unspecified atom stereocenters. The number of carbonyl (C=O) groups excluding carboxylic acids is 7. The summed E-state index contributed by atoms with van der Waals surface area (Å²) in [5, 5.41) is 127. The number of nitrogens with zero attached hydrogens (tertiary/aromatic N) is 2. The zero-order valence-electron chi connectivity index (χ0n) is 56.7. The number of hydrogen-bond acceptors (Lipinski definition) is 28. The zero-order valence-corrected chi connectivity index (χ0v) is 59.8. The first-order chi connectivity index (χ1) is 50.0. The number of halogens is 2. The standard InChI is InChI=1S/C68H75Cl2N11O23S2.CH4/c1-23(2)12-24(3)58(91)78-49-51(86)27-7-10-38(33(69)14-27)100-40-16-29-17-41(55(40)104-65-56(103-44-21-68(5,73)57(90)25(4)99-44)54(89)53(88)42(102-65)22-105-67-81-80-66(72)106-67)101-39-11-8-28(15-34(39)70)52(87)50-63(96)77-48(64(97)98)32-18-30(82)19-37(84)45(32)31-13-26(6-9-36(31)83)46(60(93)79-50)76-61(94)47(29)75-59(92)35(20-43(71)85)74-62(49)95;/h6-11,13-19,23-25,35,42,44,46-54,56-57,65,82-84,86-90H,12,20-22,73H2,1-5H3,(H2,71,85)(H2,72,80)(H,74,95)(H,75,92)(H,76,94)(H,77,96)(H,78,91)(H,79,93)(H,97,98);1H4/t24-,25?,35-,42?,44?,46?,47+,48+,49+,50-,51+,52+,53?,54?,56?,57?,65?,68?;/m0./s1. The van der Waals surface area contributed by atoms with Gasteiger partial charge in [0.15, 0.2) is 34.3 Å². The normalized spacial score (nSPS) is 28.3. The van der Waals surface area contributed by atoms with Gasteiger partial charge in [-0.1, -0.05) is 92.7 Å². The van der Waals surface area contributed by atoms with Crippen LogP contribution in [0.1, 0.15) is 119 Å². The average Bonchev–Trinajstić information content (AvgIpc) is 1.31. The van der Waals surface area contributed by atoms with E-state index in [1.807, 2.05) is 13.8 Å². The largest absolute Gasteiger partial charge is 0.508 e. The number of phenols is 3. The van der Waals surface area contributed by atoms with Crippen LogP contribution in [0, 0.1) is 11.8 Å². The Morgan fingerprint density at radius 2 is 1.36 bits per heavy atom. The predicted molar refractivity (Wildman–Crippen MR) is 380 cm³/mol. The molecule has 574 valence electrons. The maximum absolute atomic E-state index is 16.1. The zero-order chi connectivity index (χ0) is 76.8. The molecule has 0 aliphatic carbocycles. The predicted octanol–water partition coefficient (Wildman–Crippen LogP) is 3.02. The minimum Gasteiger partial charge on any atom is -0.508 e. The van der Waals surface area contributed by atoms with Gasteiger partial charge in [-0.15, -0.1) is 10.2 Å². The monoisotopic (exact) mass is 1560 g/mol. The number of hydrogen-bond donors (Lipinski definition) is 18. The Kier molecular flexibility index (Phi) is 24.4. The molecule has 21 N–H and O–H groups in total. The lowest BCUT2D eigenvalue weighted by atomic mass is 9.86. The van der Waals surface area contributed by atoms with Gasteiger partial charge in [-0.25, -0.2) is 4.79 Å². The summed E-state index contributed by atoms with van der Waals surface area (Å²) in [6, 6.07) is 0.594. The second kappa shape index (κ2) is 32.6. The van der Waals surface area contributed by atoms with E-state index in [2.05, 4.69) is 42.1 Å². The molecular formula is C69H79Cl2N11O23S2. The summed E-state index contributed by atoms with van der Waals surface area (Å²) < 4.78 is 39.7. The number of rotatable bonds is 14. The van der Waals surface area contributed by atoms with E-state index in [1.165, 1.54) is 26.0 Å². The summed E-state index contributed by atoms with van der Waals surface area (Å²) in [6.45, 7) is 8.28. The number of thioether (sulfide) groups is 1. The van der Waals surface area contributed by atoms with Crippen molar-refractivity contribution < 1.29 is 113 Å². The van der Waals surface area contributed by atoms with Crippen molar-refractivity contribution in [3.63, 3.8) is 0 Å². The van der Waals surface area contributed by atoms with Crippen molar-refractivity contribution in [1.29, 1.82) is 0 Å². The fourth-order valence-electron chi connectivity index (χ4n) is 12.9. The van der Waals surface area contributed by atoms with E-state index in [0.29, 0.717) is 10.8 Å². The smallest absolute Gasteiger partial charge is 0.330 e. The molecule has 18 atom stereocenters. The van der Waals surface area contributed by atoms with Crippen LogP contribution in [0.2, 0.25) is 10.0 Å². The average molecular weight is 1570 g/mol. The highest BCUT2D eigenvalue weighted by Gasteiger charge is 2.52. The van der Waals surface area contributed by atoms with Crippen LogP contribution in [0.5, 0.6) is 46.0 Å². The van der Waals surface area contributed by atoms with Gasteiger partial charge in [-0.05, 0) is 103 Å². The van der Waals surface area contributed by atoms with E-state index in [4.69, 9.17) is 68.8 Å². The molecule has 2 fully saturated rings. The van der Waals surface area contributed by atoms with Crippen molar-refractivity contribution in [2.75, 3.05) is 11.5 Å². The second-order valence-corrected chi connectivity index (χ2v) is 29.9. The molecule has 7 aliphatic rings. The van der Waals surface area contributed by atoms with Crippen LogP contribution in [-0.4, -0.2) is 182 Å². The Bertz CT molecular complexity index is 4440. The molecule has 1 aromatic heterocycles. The summed E-state index contributed by atoms with van der Waals surface area (Å²) in [7, 11) is 0. The summed E-state index contributed by atoms with van der Waals surface area (Å²) in [5.41, 5.74) is 14.1. The molecule has 0 spiro atoms. The fourth-order valence-corrected chi connectivity index (χ4v) is 15.1.